The van der Waals surface area contributed by atoms with Crippen LogP contribution < -0.4 is 14.8 Å². The molecule has 0 radical (unpaired) electrons. The summed E-state index contributed by atoms with van der Waals surface area (Å²) in [5, 5.41) is 8.07. The van der Waals surface area contributed by atoms with Gasteiger partial charge in [0.2, 0.25) is 0 Å². The minimum Gasteiger partial charge on any atom is -0.497 e. The number of fused-ring (bicyclic) bond motifs is 1. The maximum atomic E-state index is 12.7. The van der Waals surface area contributed by atoms with Gasteiger partial charge in [-0.05, 0) is 11.6 Å². The van der Waals surface area contributed by atoms with Gasteiger partial charge in [-0.2, -0.15) is 5.10 Å². The van der Waals surface area contributed by atoms with Crippen molar-refractivity contribution in [1.82, 2.24) is 14.8 Å². The maximum Gasteiger partial charge on any atom is 0.257 e. The standard InChI is InChI=1S/C22H20N4O3/c1-28-19-9-18(10-20(11-19)29-2)25-22(27)17-8-16-13-24-26(21(16)23-12-17)14-15-6-4-3-5-7-15/h3-13H,14H2,1-2H3,(H,25,27). The number of rotatable bonds is 6. The van der Waals surface area contributed by atoms with Gasteiger partial charge in [0.05, 0.1) is 32.5 Å². The lowest BCUT2D eigenvalue weighted by Crippen LogP contribution is -2.12. The average Bonchev–Trinajstić information content (AvgIpc) is 3.16. The van der Waals surface area contributed by atoms with E-state index in [1.165, 1.54) is 0 Å². The third-order valence-electron chi connectivity index (χ3n) is 4.52. The van der Waals surface area contributed by atoms with Crippen LogP contribution in [0.2, 0.25) is 0 Å². The number of nitrogens with one attached hydrogen (secondary N) is 1. The molecule has 0 aliphatic heterocycles. The number of ether oxygens (including phenoxy) is 2. The molecule has 7 nitrogen and oxygen atoms in total. The van der Waals surface area contributed by atoms with E-state index in [0.29, 0.717) is 29.3 Å². The molecule has 0 bridgehead atoms. The Morgan fingerprint density at radius 1 is 1.00 bits per heavy atom. The van der Waals surface area contributed by atoms with Gasteiger partial charge in [-0.1, -0.05) is 30.3 Å². The second-order valence-electron chi connectivity index (χ2n) is 6.48. The first-order valence-electron chi connectivity index (χ1n) is 9.06. The summed E-state index contributed by atoms with van der Waals surface area (Å²) in [5.74, 6) is 0.913. The van der Waals surface area contributed by atoms with Crippen LogP contribution in [-0.2, 0) is 6.54 Å². The monoisotopic (exact) mass is 388 g/mol. The molecule has 0 spiro atoms. The summed E-state index contributed by atoms with van der Waals surface area (Å²) in [6.45, 7) is 0.618. The minimum atomic E-state index is -0.273. The Labute approximate surface area is 167 Å². The normalized spacial score (nSPS) is 10.7. The zero-order valence-electron chi connectivity index (χ0n) is 16.1. The van der Waals surface area contributed by atoms with Crippen LogP contribution in [0.1, 0.15) is 15.9 Å². The minimum absolute atomic E-state index is 0.273. The van der Waals surface area contributed by atoms with Crippen LogP contribution in [0.15, 0.2) is 67.0 Å². The van der Waals surface area contributed by atoms with E-state index in [2.05, 4.69) is 15.4 Å². The second-order valence-corrected chi connectivity index (χ2v) is 6.48. The van der Waals surface area contributed by atoms with Gasteiger partial charge in [-0.15, -0.1) is 0 Å². The summed E-state index contributed by atoms with van der Waals surface area (Å²) in [5.41, 5.74) is 2.88. The first-order chi connectivity index (χ1) is 14.2. The van der Waals surface area contributed by atoms with Gasteiger partial charge in [0.1, 0.15) is 11.5 Å². The van der Waals surface area contributed by atoms with Crippen molar-refractivity contribution in [1.29, 1.82) is 0 Å². The van der Waals surface area contributed by atoms with Crippen LogP contribution in [0, 0.1) is 0 Å². The Morgan fingerprint density at radius 3 is 2.41 bits per heavy atom. The fourth-order valence-corrected chi connectivity index (χ4v) is 3.05. The average molecular weight is 388 g/mol. The molecule has 0 atom stereocenters. The van der Waals surface area contributed by atoms with E-state index in [4.69, 9.17) is 9.47 Å². The van der Waals surface area contributed by atoms with Gasteiger partial charge in [-0.25, -0.2) is 9.67 Å². The Kier molecular flexibility index (Phi) is 5.11. The molecule has 0 saturated heterocycles. The number of hydrogen-bond acceptors (Lipinski definition) is 5. The number of methoxy groups -OCH3 is 2. The molecule has 2 heterocycles. The summed E-state index contributed by atoms with van der Waals surface area (Å²) in [6, 6.07) is 17.0. The van der Waals surface area contributed by atoms with Crippen LogP contribution in [0.5, 0.6) is 11.5 Å². The summed E-state index contributed by atoms with van der Waals surface area (Å²) in [7, 11) is 3.12. The van der Waals surface area contributed by atoms with Crippen LogP contribution >= 0.6 is 0 Å². The van der Waals surface area contributed by atoms with Gasteiger partial charge < -0.3 is 14.8 Å². The van der Waals surface area contributed by atoms with Gasteiger partial charge in [0.15, 0.2) is 5.65 Å². The molecule has 4 rings (SSSR count). The molecule has 1 N–H and O–H groups in total. The van der Waals surface area contributed by atoms with Crippen molar-refractivity contribution in [3.63, 3.8) is 0 Å². The summed E-state index contributed by atoms with van der Waals surface area (Å²) < 4.78 is 12.3. The number of pyridine rings is 1. The smallest absolute Gasteiger partial charge is 0.257 e. The SMILES string of the molecule is COc1cc(NC(=O)c2cnc3c(cnn3Cc3ccccc3)c2)cc(OC)c1. The lowest BCUT2D eigenvalue weighted by Gasteiger charge is -2.10. The largest absolute Gasteiger partial charge is 0.497 e. The molecular weight excluding hydrogens is 368 g/mol. The van der Waals surface area contributed by atoms with E-state index in [1.54, 1.807) is 50.9 Å². The van der Waals surface area contributed by atoms with Gasteiger partial charge in [0, 0.05) is 35.5 Å². The van der Waals surface area contributed by atoms with E-state index < -0.39 is 0 Å². The predicted octanol–water partition coefficient (Wildman–Crippen LogP) is 3.75. The molecule has 4 aromatic rings. The van der Waals surface area contributed by atoms with Gasteiger partial charge in [0.25, 0.3) is 5.91 Å². The van der Waals surface area contributed by atoms with Crippen molar-refractivity contribution < 1.29 is 14.3 Å². The van der Waals surface area contributed by atoms with E-state index in [-0.39, 0.29) is 5.91 Å². The highest BCUT2D eigenvalue weighted by molar-refractivity contribution is 6.05. The number of nitrogens with zero attached hydrogens (tertiary/aromatic N) is 3. The number of amides is 1. The summed E-state index contributed by atoms with van der Waals surface area (Å²) in [6.07, 6.45) is 3.27. The van der Waals surface area contributed by atoms with E-state index in [1.807, 2.05) is 35.0 Å². The third kappa shape index (κ3) is 4.03. The second kappa shape index (κ2) is 8.02. The quantitative estimate of drug-likeness (QED) is 0.544. The maximum absolute atomic E-state index is 12.7. The zero-order valence-corrected chi connectivity index (χ0v) is 16.1. The van der Waals surface area contributed by atoms with E-state index in [9.17, 15) is 4.79 Å². The number of aromatic nitrogens is 3. The van der Waals surface area contributed by atoms with Crippen molar-refractivity contribution in [3.05, 3.63) is 78.1 Å². The zero-order chi connectivity index (χ0) is 20.2. The lowest BCUT2D eigenvalue weighted by atomic mass is 10.2. The number of benzene rings is 2. The Balaban J connectivity index is 1.56. The van der Waals surface area contributed by atoms with E-state index >= 15 is 0 Å². The third-order valence-corrected chi connectivity index (χ3v) is 4.52. The van der Waals surface area contributed by atoms with E-state index in [0.717, 1.165) is 16.6 Å². The molecule has 146 valence electrons. The first-order valence-corrected chi connectivity index (χ1v) is 9.06. The Hall–Kier alpha value is -3.87. The number of carbonyl (C=O) groups is 1. The highest BCUT2D eigenvalue weighted by Gasteiger charge is 2.12. The van der Waals surface area contributed by atoms with Gasteiger partial charge >= 0.3 is 0 Å². The molecular formula is C22H20N4O3. The summed E-state index contributed by atoms with van der Waals surface area (Å²) in [4.78, 5) is 17.2. The molecule has 0 unspecified atom stereocenters. The van der Waals surface area contributed by atoms with Crippen molar-refractivity contribution in [2.45, 2.75) is 6.54 Å². The van der Waals surface area contributed by atoms with Crippen molar-refractivity contribution in [3.8, 4) is 11.5 Å². The molecule has 7 heteroatoms. The molecule has 2 aromatic heterocycles. The Bertz CT molecular complexity index is 1130. The molecule has 0 saturated carbocycles. The number of hydrogen-bond donors (Lipinski definition) is 1. The van der Waals surface area contributed by atoms with Crippen molar-refractivity contribution in [2.75, 3.05) is 19.5 Å². The molecule has 0 fully saturated rings. The molecule has 0 aliphatic carbocycles. The topological polar surface area (TPSA) is 78.3 Å². The number of anilines is 1. The van der Waals surface area contributed by atoms with Crippen LogP contribution in [0.3, 0.4) is 0 Å². The van der Waals surface area contributed by atoms with Crippen molar-refractivity contribution in [2.24, 2.45) is 0 Å². The van der Waals surface area contributed by atoms with Gasteiger partial charge in [-0.3, -0.25) is 4.79 Å². The first kappa shape index (κ1) is 18.5. The number of carbonyl (C=O) groups excluding carboxylic acids is 1. The molecule has 29 heavy (non-hydrogen) atoms. The fraction of sp³-hybridized carbons (Fsp3) is 0.136. The molecule has 0 aliphatic rings. The lowest BCUT2D eigenvalue weighted by molar-refractivity contribution is 0.102. The van der Waals surface area contributed by atoms with Crippen LogP contribution in [0.4, 0.5) is 5.69 Å². The van der Waals surface area contributed by atoms with Crippen LogP contribution in [-0.4, -0.2) is 34.9 Å². The highest BCUT2D eigenvalue weighted by Crippen LogP contribution is 2.26. The highest BCUT2D eigenvalue weighted by atomic mass is 16.5. The fourth-order valence-electron chi connectivity index (χ4n) is 3.05. The predicted molar refractivity (Wildman–Crippen MR) is 111 cm³/mol. The summed E-state index contributed by atoms with van der Waals surface area (Å²) >= 11 is 0. The van der Waals surface area contributed by atoms with Crippen LogP contribution in [0.25, 0.3) is 11.0 Å². The molecule has 1 amide bonds. The molecule has 2 aromatic carbocycles. The Morgan fingerprint density at radius 2 is 1.72 bits per heavy atom. The van der Waals surface area contributed by atoms with Crippen molar-refractivity contribution >= 4 is 22.6 Å².